The van der Waals surface area contributed by atoms with Crippen LogP contribution in [0.5, 0.6) is 0 Å². The number of anilines is 1. The van der Waals surface area contributed by atoms with Crippen molar-refractivity contribution in [3.05, 3.63) is 52.3 Å². The number of nitrogens with one attached hydrogen (secondary N) is 2. The molecule has 0 spiro atoms. The summed E-state index contributed by atoms with van der Waals surface area (Å²) in [6.45, 7) is 0. The molecular formula is C11H8Cl2N2O. The van der Waals surface area contributed by atoms with E-state index >= 15 is 0 Å². The van der Waals surface area contributed by atoms with Gasteiger partial charge in [-0.05, 0) is 24.3 Å². The van der Waals surface area contributed by atoms with Gasteiger partial charge in [-0.25, -0.2) is 0 Å². The third-order valence-corrected chi connectivity index (χ3v) is 2.67. The number of carbonyl (C=O) groups is 1. The van der Waals surface area contributed by atoms with Gasteiger partial charge in [-0.1, -0.05) is 29.3 Å². The van der Waals surface area contributed by atoms with Gasteiger partial charge in [-0.3, -0.25) is 4.79 Å². The summed E-state index contributed by atoms with van der Waals surface area (Å²) in [6, 6.07) is 8.45. The van der Waals surface area contributed by atoms with Gasteiger partial charge < -0.3 is 10.3 Å². The number of rotatable bonds is 2. The Morgan fingerprint density at radius 2 is 1.81 bits per heavy atom. The number of hydrogen-bond donors (Lipinski definition) is 2. The van der Waals surface area contributed by atoms with E-state index in [0.717, 1.165) is 0 Å². The average molecular weight is 255 g/mol. The fourth-order valence-electron chi connectivity index (χ4n) is 1.27. The van der Waals surface area contributed by atoms with Crippen molar-refractivity contribution >= 4 is 34.8 Å². The van der Waals surface area contributed by atoms with E-state index in [2.05, 4.69) is 10.3 Å². The van der Waals surface area contributed by atoms with Crippen LogP contribution in [0.25, 0.3) is 0 Å². The summed E-state index contributed by atoms with van der Waals surface area (Å²) in [4.78, 5) is 14.5. The van der Waals surface area contributed by atoms with Crippen LogP contribution < -0.4 is 5.32 Å². The van der Waals surface area contributed by atoms with E-state index in [1.807, 2.05) is 0 Å². The number of aromatic amines is 1. The maximum Gasteiger partial charge on any atom is 0.272 e. The molecule has 1 amide bonds. The molecule has 0 unspecified atom stereocenters. The number of benzene rings is 1. The Morgan fingerprint density at radius 1 is 1.12 bits per heavy atom. The second-order valence-corrected chi connectivity index (χ2v) is 3.95. The molecule has 2 aromatic rings. The molecule has 2 N–H and O–H groups in total. The lowest BCUT2D eigenvalue weighted by Crippen LogP contribution is -2.12. The Balaban J connectivity index is 2.25. The van der Waals surface area contributed by atoms with Crippen molar-refractivity contribution in [3.63, 3.8) is 0 Å². The predicted octanol–water partition coefficient (Wildman–Crippen LogP) is 3.57. The summed E-state index contributed by atoms with van der Waals surface area (Å²) in [7, 11) is 0. The van der Waals surface area contributed by atoms with Gasteiger partial charge in [0.05, 0.1) is 15.7 Å². The van der Waals surface area contributed by atoms with Gasteiger partial charge in [-0.2, -0.15) is 0 Å². The lowest BCUT2D eigenvalue weighted by atomic mass is 10.3. The van der Waals surface area contributed by atoms with Crippen molar-refractivity contribution in [2.45, 2.75) is 0 Å². The topological polar surface area (TPSA) is 44.9 Å². The molecule has 16 heavy (non-hydrogen) atoms. The monoisotopic (exact) mass is 254 g/mol. The minimum atomic E-state index is -0.278. The summed E-state index contributed by atoms with van der Waals surface area (Å²) in [5.41, 5.74) is 0.876. The quantitative estimate of drug-likeness (QED) is 0.846. The van der Waals surface area contributed by atoms with Crippen LogP contribution in [0.15, 0.2) is 36.5 Å². The molecule has 0 aliphatic heterocycles. The molecule has 0 radical (unpaired) electrons. The maximum absolute atomic E-state index is 11.7. The molecule has 0 aliphatic rings. The van der Waals surface area contributed by atoms with Crippen LogP contribution in [-0.2, 0) is 0 Å². The standard InChI is InChI=1S/C11H8Cl2N2O/c12-7-3-1-4-8(13)10(7)15-11(16)9-5-2-6-14-9/h1-6,14H,(H,15,16). The van der Waals surface area contributed by atoms with Crippen LogP contribution in [0.1, 0.15) is 10.5 Å². The Labute approximate surface area is 102 Å². The number of aromatic nitrogens is 1. The zero-order valence-electron chi connectivity index (χ0n) is 8.13. The Morgan fingerprint density at radius 3 is 2.38 bits per heavy atom. The van der Waals surface area contributed by atoms with E-state index in [-0.39, 0.29) is 5.91 Å². The zero-order chi connectivity index (χ0) is 11.5. The van der Waals surface area contributed by atoms with Crippen LogP contribution >= 0.6 is 23.2 Å². The van der Waals surface area contributed by atoms with Gasteiger partial charge in [0.15, 0.2) is 0 Å². The highest BCUT2D eigenvalue weighted by Crippen LogP contribution is 2.29. The van der Waals surface area contributed by atoms with Gasteiger partial charge in [0.25, 0.3) is 5.91 Å². The van der Waals surface area contributed by atoms with E-state index in [0.29, 0.717) is 21.4 Å². The molecule has 0 saturated heterocycles. The average Bonchev–Trinajstić information content (AvgIpc) is 2.76. The van der Waals surface area contributed by atoms with E-state index in [1.54, 1.807) is 36.5 Å². The Kier molecular flexibility index (Phi) is 3.17. The summed E-state index contributed by atoms with van der Waals surface area (Å²) in [6.07, 6.45) is 1.67. The number of hydrogen-bond acceptors (Lipinski definition) is 1. The van der Waals surface area contributed by atoms with E-state index in [4.69, 9.17) is 23.2 Å². The van der Waals surface area contributed by atoms with Crippen molar-refractivity contribution in [3.8, 4) is 0 Å². The van der Waals surface area contributed by atoms with Crippen LogP contribution in [0.2, 0.25) is 10.0 Å². The number of halogens is 2. The molecule has 0 aliphatic carbocycles. The fourth-order valence-corrected chi connectivity index (χ4v) is 1.76. The molecule has 1 heterocycles. The summed E-state index contributed by atoms with van der Waals surface area (Å²) in [5.74, 6) is -0.278. The molecule has 1 aromatic heterocycles. The first-order valence-electron chi connectivity index (χ1n) is 4.57. The lowest BCUT2D eigenvalue weighted by Gasteiger charge is -2.07. The first kappa shape index (κ1) is 11.0. The van der Waals surface area contributed by atoms with Crippen molar-refractivity contribution in [1.82, 2.24) is 4.98 Å². The van der Waals surface area contributed by atoms with Gasteiger partial charge in [0, 0.05) is 6.20 Å². The second-order valence-electron chi connectivity index (χ2n) is 3.13. The number of H-pyrrole nitrogens is 1. The number of amides is 1. The van der Waals surface area contributed by atoms with Crippen molar-refractivity contribution in [2.75, 3.05) is 5.32 Å². The normalized spacial score (nSPS) is 10.1. The highest BCUT2D eigenvalue weighted by molar-refractivity contribution is 6.39. The first-order chi connectivity index (χ1) is 7.68. The van der Waals surface area contributed by atoms with E-state index < -0.39 is 0 Å². The zero-order valence-corrected chi connectivity index (χ0v) is 9.64. The molecule has 1 aromatic carbocycles. The highest BCUT2D eigenvalue weighted by atomic mass is 35.5. The lowest BCUT2D eigenvalue weighted by molar-refractivity contribution is 0.102. The predicted molar refractivity (Wildman–Crippen MR) is 65.2 cm³/mol. The molecule has 2 rings (SSSR count). The maximum atomic E-state index is 11.7. The van der Waals surface area contributed by atoms with Crippen LogP contribution in [0.4, 0.5) is 5.69 Å². The summed E-state index contributed by atoms with van der Waals surface area (Å²) < 4.78 is 0. The number of carbonyl (C=O) groups excluding carboxylic acids is 1. The highest BCUT2D eigenvalue weighted by Gasteiger charge is 2.11. The molecule has 0 saturated carbocycles. The van der Waals surface area contributed by atoms with Crippen LogP contribution in [0, 0.1) is 0 Å². The molecule has 3 nitrogen and oxygen atoms in total. The van der Waals surface area contributed by atoms with Gasteiger partial charge >= 0.3 is 0 Å². The largest absolute Gasteiger partial charge is 0.357 e. The van der Waals surface area contributed by atoms with Crippen molar-refractivity contribution in [2.24, 2.45) is 0 Å². The smallest absolute Gasteiger partial charge is 0.272 e. The molecule has 0 fully saturated rings. The van der Waals surface area contributed by atoms with Gasteiger partial charge in [0.1, 0.15) is 5.69 Å². The molecule has 0 atom stereocenters. The molecule has 82 valence electrons. The minimum Gasteiger partial charge on any atom is -0.357 e. The summed E-state index contributed by atoms with van der Waals surface area (Å²) in [5, 5.41) is 3.47. The van der Waals surface area contributed by atoms with Crippen LogP contribution in [0.3, 0.4) is 0 Å². The third-order valence-electron chi connectivity index (χ3n) is 2.04. The third kappa shape index (κ3) is 2.21. The van der Waals surface area contributed by atoms with Crippen LogP contribution in [-0.4, -0.2) is 10.9 Å². The van der Waals surface area contributed by atoms with Crippen molar-refractivity contribution in [1.29, 1.82) is 0 Å². The van der Waals surface area contributed by atoms with Gasteiger partial charge in [0.2, 0.25) is 0 Å². The van der Waals surface area contributed by atoms with E-state index in [1.165, 1.54) is 0 Å². The van der Waals surface area contributed by atoms with Gasteiger partial charge in [-0.15, -0.1) is 0 Å². The Hall–Kier alpha value is -1.45. The molecule has 5 heteroatoms. The Bertz CT molecular complexity index is 488. The first-order valence-corrected chi connectivity index (χ1v) is 5.33. The minimum absolute atomic E-state index is 0.278. The number of para-hydroxylation sites is 1. The molecule has 0 bridgehead atoms. The fraction of sp³-hybridized carbons (Fsp3) is 0. The van der Waals surface area contributed by atoms with Crippen molar-refractivity contribution < 1.29 is 4.79 Å². The summed E-state index contributed by atoms with van der Waals surface area (Å²) >= 11 is 11.9. The molecular weight excluding hydrogens is 247 g/mol. The second kappa shape index (κ2) is 4.60. The SMILES string of the molecule is O=C(Nc1c(Cl)cccc1Cl)c1ccc[nH]1. The van der Waals surface area contributed by atoms with E-state index in [9.17, 15) is 4.79 Å².